The average molecular weight is 329 g/mol. The van der Waals surface area contributed by atoms with Crippen molar-refractivity contribution in [3.63, 3.8) is 0 Å². The SMILES string of the molecule is CCN(CC)C(=O)/C=C(\C)c1cc2c(C)c(C)oc2c(C)c1OC. The predicted molar refractivity (Wildman–Crippen MR) is 98.6 cm³/mol. The van der Waals surface area contributed by atoms with Gasteiger partial charge >= 0.3 is 0 Å². The lowest BCUT2D eigenvalue weighted by Gasteiger charge is -2.18. The fraction of sp³-hybridized carbons (Fsp3) is 0.450. The number of fused-ring (bicyclic) bond motifs is 1. The number of methoxy groups -OCH3 is 1. The van der Waals surface area contributed by atoms with Gasteiger partial charge in [-0.05, 0) is 58.7 Å². The van der Waals surface area contributed by atoms with Gasteiger partial charge in [0.1, 0.15) is 17.1 Å². The van der Waals surface area contributed by atoms with E-state index in [1.54, 1.807) is 18.1 Å². The number of carbonyl (C=O) groups is 1. The third-order valence-electron chi connectivity index (χ3n) is 4.69. The molecule has 0 radical (unpaired) electrons. The summed E-state index contributed by atoms with van der Waals surface area (Å²) in [5, 5.41) is 1.07. The van der Waals surface area contributed by atoms with Crippen LogP contribution in [0.15, 0.2) is 16.6 Å². The molecule has 2 rings (SSSR count). The smallest absolute Gasteiger partial charge is 0.246 e. The van der Waals surface area contributed by atoms with E-state index in [9.17, 15) is 4.79 Å². The molecule has 130 valence electrons. The Kier molecular flexibility index (Phi) is 5.37. The first-order valence-electron chi connectivity index (χ1n) is 8.40. The maximum absolute atomic E-state index is 12.4. The Morgan fingerprint density at radius 2 is 1.83 bits per heavy atom. The molecular weight excluding hydrogens is 302 g/mol. The first kappa shape index (κ1) is 18.1. The largest absolute Gasteiger partial charge is 0.496 e. The van der Waals surface area contributed by atoms with Crippen molar-refractivity contribution < 1.29 is 13.9 Å². The second kappa shape index (κ2) is 7.12. The Bertz CT molecular complexity index is 795. The zero-order valence-electron chi connectivity index (χ0n) is 15.7. The number of amides is 1. The summed E-state index contributed by atoms with van der Waals surface area (Å²) in [6.07, 6.45) is 1.69. The van der Waals surface area contributed by atoms with Crippen molar-refractivity contribution in [3.05, 3.63) is 34.6 Å². The van der Waals surface area contributed by atoms with Crippen LogP contribution in [0.25, 0.3) is 16.5 Å². The third-order valence-corrected chi connectivity index (χ3v) is 4.69. The molecule has 1 aromatic heterocycles. The van der Waals surface area contributed by atoms with Crippen LogP contribution in [0.4, 0.5) is 0 Å². The molecule has 0 aliphatic carbocycles. The van der Waals surface area contributed by atoms with Crippen LogP contribution in [-0.4, -0.2) is 31.0 Å². The van der Waals surface area contributed by atoms with E-state index < -0.39 is 0 Å². The highest BCUT2D eigenvalue weighted by Gasteiger charge is 2.18. The van der Waals surface area contributed by atoms with Crippen molar-refractivity contribution in [3.8, 4) is 5.75 Å². The molecule has 4 heteroatoms. The third kappa shape index (κ3) is 3.05. The number of allylic oxidation sites excluding steroid dienone is 1. The lowest BCUT2D eigenvalue weighted by atomic mass is 9.98. The van der Waals surface area contributed by atoms with Crippen molar-refractivity contribution in [2.75, 3.05) is 20.2 Å². The number of rotatable bonds is 5. The highest BCUT2D eigenvalue weighted by Crippen LogP contribution is 2.38. The lowest BCUT2D eigenvalue weighted by Crippen LogP contribution is -2.28. The van der Waals surface area contributed by atoms with Crippen molar-refractivity contribution in [1.29, 1.82) is 0 Å². The quantitative estimate of drug-likeness (QED) is 0.751. The van der Waals surface area contributed by atoms with Gasteiger partial charge in [0.25, 0.3) is 0 Å². The highest BCUT2D eigenvalue weighted by atomic mass is 16.5. The van der Waals surface area contributed by atoms with Crippen LogP contribution < -0.4 is 4.74 Å². The summed E-state index contributed by atoms with van der Waals surface area (Å²) in [6.45, 7) is 13.3. The minimum absolute atomic E-state index is 0.0254. The summed E-state index contributed by atoms with van der Waals surface area (Å²) >= 11 is 0. The van der Waals surface area contributed by atoms with E-state index in [2.05, 4.69) is 13.0 Å². The van der Waals surface area contributed by atoms with Crippen molar-refractivity contribution >= 4 is 22.4 Å². The molecule has 1 heterocycles. The van der Waals surface area contributed by atoms with Crippen LogP contribution in [0.3, 0.4) is 0 Å². The van der Waals surface area contributed by atoms with E-state index in [0.717, 1.165) is 44.7 Å². The van der Waals surface area contributed by atoms with Gasteiger partial charge in [0.15, 0.2) is 0 Å². The standard InChI is InChI=1S/C20H27NO3/c1-8-21(9-2)18(22)10-12(3)16-11-17-13(4)15(6)24-20(17)14(5)19(16)23-7/h10-11H,8-9H2,1-7H3/b12-10+. The van der Waals surface area contributed by atoms with Crippen LogP contribution in [0.2, 0.25) is 0 Å². The zero-order valence-corrected chi connectivity index (χ0v) is 15.7. The zero-order chi connectivity index (χ0) is 18.0. The van der Waals surface area contributed by atoms with E-state index in [-0.39, 0.29) is 5.91 Å². The van der Waals surface area contributed by atoms with Crippen molar-refractivity contribution in [1.82, 2.24) is 4.90 Å². The summed E-state index contributed by atoms with van der Waals surface area (Å²) < 4.78 is 11.5. The fourth-order valence-corrected chi connectivity index (χ4v) is 3.06. The van der Waals surface area contributed by atoms with Gasteiger partial charge in [-0.1, -0.05) is 0 Å². The molecule has 1 aromatic carbocycles. The number of nitrogens with zero attached hydrogens (tertiary/aromatic N) is 1. The molecule has 2 aromatic rings. The normalized spacial score (nSPS) is 11.9. The van der Waals surface area contributed by atoms with Crippen LogP contribution in [0, 0.1) is 20.8 Å². The molecule has 0 saturated heterocycles. The number of hydrogen-bond donors (Lipinski definition) is 0. The van der Waals surface area contributed by atoms with Gasteiger partial charge in [-0.15, -0.1) is 0 Å². The minimum Gasteiger partial charge on any atom is -0.496 e. The fourth-order valence-electron chi connectivity index (χ4n) is 3.06. The Morgan fingerprint density at radius 1 is 1.21 bits per heavy atom. The lowest BCUT2D eigenvalue weighted by molar-refractivity contribution is -0.125. The Balaban J connectivity index is 2.62. The number of furan rings is 1. The van der Waals surface area contributed by atoms with E-state index >= 15 is 0 Å². The number of aryl methyl sites for hydroxylation is 3. The number of likely N-dealkylation sites (N-methyl/N-ethyl adjacent to an activating group) is 1. The molecule has 0 spiro atoms. The molecule has 0 saturated carbocycles. The predicted octanol–water partition coefficient (Wildman–Crippen LogP) is 4.64. The van der Waals surface area contributed by atoms with E-state index in [0.29, 0.717) is 13.1 Å². The molecule has 0 unspecified atom stereocenters. The summed E-state index contributed by atoms with van der Waals surface area (Å²) in [5.41, 5.74) is 4.77. The number of ether oxygens (including phenoxy) is 1. The van der Waals surface area contributed by atoms with E-state index in [4.69, 9.17) is 9.15 Å². The van der Waals surface area contributed by atoms with Crippen molar-refractivity contribution in [2.24, 2.45) is 0 Å². The first-order chi connectivity index (χ1) is 11.3. The van der Waals surface area contributed by atoms with Gasteiger partial charge in [-0.2, -0.15) is 0 Å². The molecule has 4 nitrogen and oxygen atoms in total. The maximum atomic E-state index is 12.4. The van der Waals surface area contributed by atoms with E-state index in [1.807, 2.05) is 34.6 Å². The van der Waals surface area contributed by atoms with Crippen LogP contribution >= 0.6 is 0 Å². The number of hydrogen-bond acceptors (Lipinski definition) is 3. The Labute approximate surface area is 144 Å². The molecule has 0 N–H and O–H groups in total. The van der Waals surface area contributed by atoms with Crippen LogP contribution in [0.5, 0.6) is 5.75 Å². The Hall–Kier alpha value is -2.23. The average Bonchev–Trinajstić information content (AvgIpc) is 2.84. The molecule has 0 atom stereocenters. The van der Waals surface area contributed by atoms with Gasteiger partial charge in [0, 0.05) is 35.7 Å². The van der Waals surface area contributed by atoms with E-state index in [1.165, 1.54) is 0 Å². The maximum Gasteiger partial charge on any atom is 0.246 e. The number of benzene rings is 1. The monoisotopic (exact) mass is 329 g/mol. The first-order valence-corrected chi connectivity index (χ1v) is 8.40. The minimum atomic E-state index is 0.0254. The topological polar surface area (TPSA) is 42.7 Å². The summed E-state index contributed by atoms with van der Waals surface area (Å²) in [5.74, 6) is 1.70. The summed E-state index contributed by atoms with van der Waals surface area (Å²) in [4.78, 5) is 14.2. The van der Waals surface area contributed by atoms with Crippen LogP contribution in [0.1, 0.15) is 43.2 Å². The van der Waals surface area contributed by atoms with Gasteiger partial charge in [-0.25, -0.2) is 0 Å². The van der Waals surface area contributed by atoms with Gasteiger partial charge in [0.2, 0.25) is 5.91 Å². The van der Waals surface area contributed by atoms with Crippen LogP contribution in [-0.2, 0) is 4.79 Å². The molecular formula is C20H27NO3. The molecule has 1 amide bonds. The highest BCUT2D eigenvalue weighted by molar-refractivity contribution is 5.98. The summed E-state index contributed by atoms with van der Waals surface area (Å²) in [6, 6.07) is 2.06. The van der Waals surface area contributed by atoms with Gasteiger partial charge in [0.05, 0.1) is 7.11 Å². The molecule has 0 aliphatic rings. The Morgan fingerprint density at radius 3 is 2.38 bits per heavy atom. The number of carbonyl (C=O) groups excluding carboxylic acids is 1. The molecule has 0 aliphatic heterocycles. The summed E-state index contributed by atoms with van der Waals surface area (Å²) in [7, 11) is 1.65. The molecule has 0 bridgehead atoms. The second-order valence-corrected chi connectivity index (χ2v) is 6.08. The second-order valence-electron chi connectivity index (χ2n) is 6.08. The van der Waals surface area contributed by atoms with Gasteiger partial charge < -0.3 is 14.1 Å². The van der Waals surface area contributed by atoms with Gasteiger partial charge in [-0.3, -0.25) is 4.79 Å². The molecule has 24 heavy (non-hydrogen) atoms. The van der Waals surface area contributed by atoms with Crippen molar-refractivity contribution in [2.45, 2.75) is 41.5 Å². The molecule has 0 fully saturated rings.